The molecular weight excluding hydrogens is 767 g/mol. The van der Waals surface area contributed by atoms with Gasteiger partial charge in [-0.05, 0) is 104 Å². The molecule has 0 saturated carbocycles. The number of para-hydroxylation sites is 1. The van der Waals surface area contributed by atoms with Crippen LogP contribution >= 0.6 is 0 Å². The summed E-state index contributed by atoms with van der Waals surface area (Å²) in [6, 6.07) is 60.4. The highest BCUT2D eigenvalue weighted by molar-refractivity contribution is 6.14. The topological polar surface area (TPSA) is 25.6 Å². The molecule has 4 aliphatic rings. The number of anilines is 3. The van der Waals surface area contributed by atoms with Crippen LogP contribution < -0.4 is 9.64 Å². The first-order chi connectivity index (χ1) is 30.8. The van der Waals surface area contributed by atoms with Gasteiger partial charge in [-0.2, -0.15) is 0 Å². The van der Waals surface area contributed by atoms with E-state index in [0.29, 0.717) is 0 Å². The van der Waals surface area contributed by atoms with Gasteiger partial charge in [-0.3, -0.25) is 0 Å². The van der Waals surface area contributed by atoms with Gasteiger partial charge in [0, 0.05) is 61.3 Å². The maximum Gasteiger partial charge on any atom is 0.143 e. The Morgan fingerprint density at radius 2 is 1.02 bits per heavy atom. The highest BCUT2D eigenvalue weighted by atomic mass is 16.5. The molecule has 13 rings (SSSR count). The molecule has 0 saturated heterocycles. The molecule has 2 heterocycles. The van der Waals surface area contributed by atoms with Crippen LogP contribution in [0.25, 0.3) is 66.4 Å². The fraction of sp³-hybridized carbons (Fsp3) is 0.133. The summed E-state index contributed by atoms with van der Waals surface area (Å²) in [4.78, 5) is 2.44. The van der Waals surface area contributed by atoms with Crippen LogP contribution in [0.2, 0.25) is 0 Å². The number of hydrogen-bond donors (Lipinski definition) is 0. The summed E-state index contributed by atoms with van der Waals surface area (Å²) in [7, 11) is 0. The smallest absolute Gasteiger partial charge is 0.143 e. The number of hydrogen-bond acceptors (Lipinski definition) is 3. The molecule has 0 radical (unpaired) electrons. The Morgan fingerprint density at radius 3 is 1.68 bits per heavy atom. The van der Waals surface area contributed by atoms with Crippen molar-refractivity contribution in [1.29, 1.82) is 0 Å². The molecule has 1 aromatic heterocycles. The predicted molar refractivity (Wildman–Crippen MR) is 260 cm³/mol. The second-order valence-corrected chi connectivity index (χ2v) is 18.8. The highest BCUT2D eigenvalue weighted by Gasteiger charge is 2.39. The van der Waals surface area contributed by atoms with Crippen LogP contribution in [0, 0.1) is 0 Å². The molecule has 1 aliphatic heterocycles. The average Bonchev–Trinajstić information content (AvgIpc) is 4.01. The molecule has 3 aliphatic carbocycles. The Hall–Kier alpha value is -7.36. The quantitative estimate of drug-likeness (QED) is 0.173. The third kappa shape index (κ3) is 5.14. The van der Waals surface area contributed by atoms with Gasteiger partial charge in [-0.1, -0.05) is 167 Å². The summed E-state index contributed by atoms with van der Waals surface area (Å²) in [5.41, 5.74) is 21.3. The van der Waals surface area contributed by atoms with Crippen molar-refractivity contribution >= 4 is 39.0 Å². The summed E-state index contributed by atoms with van der Waals surface area (Å²) in [6.45, 7) is 9.44. The van der Waals surface area contributed by atoms with E-state index in [2.05, 4.69) is 221 Å². The Balaban J connectivity index is 0.959. The maximum atomic E-state index is 7.11. The molecule has 3 heteroatoms. The van der Waals surface area contributed by atoms with Gasteiger partial charge >= 0.3 is 0 Å². The Bertz CT molecular complexity index is 3330. The van der Waals surface area contributed by atoms with E-state index in [-0.39, 0.29) is 22.9 Å². The van der Waals surface area contributed by atoms with Crippen LogP contribution in [-0.4, -0.2) is 6.10 Å². The minimum absolute atomic E-state index is 0.0157. The molecule has 9 aromatic rings. The molecule has 2 unspecified atom stereocenters. The van der Waals surface area contributed by atoms with Gasteiger partial charge in [0.2, 0.25) is 0 Å². The van der Waals surface area contributed by atoms with Crippen molar-refractivity contribution in [1.82, 2.24) is 0 Å². The van der Waals surface area contributed by atoms with Crippen LogP contribution in [-0.2, 0) is 10.8 Å². The summed E-state index contributed by atoms with van der Waals surface area (Å²) in [5.74, 6) is 1.06. The molecule has 302 valence electrons. The fourth-order valence-corrected chi connectivity index (χ4v) is 11.5. The molecule has 0 N–H and O–H groups in total. The van der Waals surface area contributed by atoms with Gasteiger partial charge in [0.1, 0.15) is 23.0 Å². The summed E-state index contributed by atoms with van der Waals surface area (Å²) in [5, 5.41) is 2.16. The Kier molecular flexibility index (Phi) is 7.54. The first kappa shape index (κ1) is 36.3. The van der Waals surface area contributed by atoms with Gasteiger partial charge in [0.05, 0.1) is 0 Å². The standard InChI is InChI=1S/C60H45NO2/c1-59(2)49-22-11-8-17-42(49)44-31-29-39(33-51(44)59)61(40-30-32-45-43-18-9-12-23-50(43)60(3,4)52(45)34-40)38-27-25-36(26-28-38)41-20-14-21-46-48-35-54-56(47-19-10-13-24-53(47)62-54)55(58(48)63-57(41)46)37-15-6-5-7-16-37/h5-35,47,53H,1-4H3. The number of allylic oxidation sites excluding steroid dienone is 2. The lowest BCUT2D eigenvalue weighted by atomic mass is 9.82. The molecule has 0 fully saturated rings. The molecule has 0 amide bonds. The molecule has 8 aromatic carbocycles. The monoisotopic (exact) mass is 811 g/mol. The van der Waals surface area contributed by atoms with Crippen LogP contribution in [0.3, 0.4) is 0 Å². The van der Waals surface area contributed by atoms with Gasteiger partial charge < -0.3 is 14.1 Å². The predicted octanol–water partition coefficient (Wildman–Crippen LogP) is 16.0. The van der Waals surface area contributed by atoms with Crippen molar-refractivity contribution in [3.8, 4) is 50.3 Å². The van der Waals surface area contributed by atoms with E-state index >= 15 is 0 Å². The van der Waals surface area contributed by atoms with Crippen molar-refractivity contribution < 1.29 is 9.15 Å². The Labute approximate surface area is 368 Å². The van der Waals surface area contributed by atoms with Gasteiger partial charge in [-0.25, -0.2) is 0 Å². The normalized spacial score (nSPS) is 17.8. The van der Waals surface area contributed by atoms with Crippen LogP contribution in [0.1, 0.15) is 61.4 Å². The van der Waals surface area contributed by atoms with E-state index in [0.717, 1.165) is 67.0 Å². The summed E-state index contributed by atoms with van der Waals surface area (Å²) >= 11 is 0. The minimum atomic E-state index is -0.122. The largest absolute Gasteiger partial charge is 0.485 e. The van der Waals surface area contributed by atoms with E-state index < -0.39 is 0 Å². The van der Waals surface area contributed by atoms with E-state index in [1.807, 2.05) is 0 Å². The third-order valence-electron chi connectivity index (χ3n) is 14.6. The van der Waals surface area contributed by atoms with E-state index in [1.54, 1.807) is 0 Å². The number of rotatable bonds is 5. The van der Waals surface area contributed by atoms with Crippen LogP contribution in [0.15, 0.2) is 193 Å². The lowest BCUT2D eigenvalue weighted by Crippen LogP contribution is -2.18. The van der Waals surface area contributed by atoms with Gasteiger partial charge in [-0.15, -0.1) is 0 Å². The zero-order valence-corrected chi connectivity index (χ0v) is 35.8. The molecule has 0 spiro atoms. The number of fused-ring (bicyclic) bond motifs is 12. The van der Waals surface area contributed by atoms with Gasteiger partial charge in [0.25, 0.3) is 0 Å². The molecule has 3 nitrogen and oxygen atoms in total. The van der Waals surface area contributed by atoms with Crippen molar-refractivity contribution in [2.24, 2.45) is 0 Å². The second kappa shape index (κ2) is 13.1. The number of benzene rings is 8. The molecular formula is C60H45NO2. The van der Waals surface area contributed by atoms with Crippen LogP contribution in [0.4, 0.5) is 17.1 Å². The number of furan rings is 1. The van der Waals surface area contributed by atoms with Crippen molar-refractivity contribution in [3.63, 3.8) is 0 Å². The zero-order valence-electron chi connectivity index (χ0n) is 35.8. The van der Waals surface area contributed by atoms with Crippen LogP contribution in [0.5, 0.6) is 5.75 Å². The SMILES string of the molecule is CC1(C)c2ccccc2-c2ccc(N(c3ccc(-c4cccc5c4oc4c(-c6ccccc6)c6c(cc45)OC4C=CC=CC64)cc3)c3ccc4c(c3)C(C)(C)c3ccccc3-4)cc21. The number of ether oxygens (including phenoxy) is 1. The van der Waals surface area contributed by atoms with Crippen molar-refractivity contribution in [2.75, 3.05) is 4.90 Å². The fourth-order valence-electron chi connectivity index (χ4n) is 11.5. The van der Waals surface area contributed by atoms with E-state index in [4.69, 9.17) is 9.15 Å². The minimum Gasteiger partial charge on any atom is -0.485 e. The van der Waals surface area contributed by atoms with Crippen molar-refractivity contribution in [2.45, 2.75) is 50.5 Å². The summed E-state index contributed by atoms with van der Waals surface area (Å²) in [6.07, 6.45) is 8.63. The maximum absolute atomic E-state index is 7.11. The summed E-state index contributed by atoms with van der Waals surface area (Å²) < 4.78 is 13.8. The first-order valence-electron chi connectivity index (χ1n) is 22.2. The first-order valence-corrected chi connectivity index (χ1v) is 22.2. The lowest BCUT2D eigenvalue weighted by molar-refractivity contribution is 0.269. The third-order valence-corrected chi connectivity index (χ3v) is 14.6. The molecule has 0 bridgehead atoms. The highest BCUT2D eigenvalue weighted by Crippen LogP contribution is 2.55. The van der Waals surface area contributed by atoms with Crippen molar-refractivity contribution in [3.05, 3.63) is 216 Å². The average molecular weight is 812 g/mol. The van der Waals surface area contributed by atoms with E-state index in [9.17, 15) is 0 Å². The van der Waals surface area contributed by atoms with Gasteiger partial charge in [0.15, 0.2) is 0 Å². The second-order valence-electron chi connectivity index (χ2n) is 18.8. The number of nitrogens with zero attached hydrogens (tertiary/aromatic N) is 1. The molecule has 63 heavy (non-hydrogen) atoms. The lowest BCUT2D eigenvalue weighted by Gasteiger charge is -2.30. The Morgan fingerprint density at radius 1 is 0.444 bits per heavy atom. The zero-order chi connectivity index (χ0) is 42.2. The molecule has 2 atom stereocenters. The van der Waals surface area contributed by atoms with E-state index in [1.165, 1.54) is 50.1 Å².